The number of halogens is 4. The number of benzene rings is 1. The summed E-state index contributed by atoms with van der Waals surface area (Å²) >= 11 is 5.58. The lowest BCUT2D eigenvalue weighted by molar-refractivity contribution is -0.138. The molecule has 18 heavy (non-hydrogen) atoms. The van der Waals surface area contributed by atoms with Crippen LogP contribution >= 0.6 is 11.6 Å². The van der Waals surface area contributed by atoms with Crippen LogP contribution in [0.3, 0.4) is 0 Å². The Bertz CT molecular complexity index is 453. The van der Waals surface area contributed by atoms with Crippen molar-refractivity contribution in [3.8, 4) is 5.75 Å². The summed E-state index contributed by atoms with van der Waals surface area (Å²) in [4.78, 5) is 10.8. The first kappa shape index (κ1) is 14.6. The Labute approximate surface area is 105 Å². The Morgan fingerprint density at radius 1 is 1.44 bits per heavy atom. The van der Waals surface area contributed by atoms with Crippen LogP contribution in [-0.2, 0) is 11.0 Å². The molecule has 0 spiro atoms. The summed E-state index contributed by atoms with van der Waals surface area (Å²) in [6.07, 6.45) is -4.68. The first-order valence-electron chi connectivity index (χ1n) is 4.71. The van der Waals surface area contributed by atoms with Crippen molar-refractivity contribution in [2.75, 3.05) is 6.54 Å². The van der Waals surface area contributed by atoms with Crippen LogP contribution in [0.5, 0.6) is 5.75 Å². The Balaban J connectivity index is 3.37. The molecule has 0 saturated carbocycles. The van der Waals surface area contributed by atoms with Gasteiger partial charge in [-0.3, -0.25) is 4.79 Å². The van der Waals surface area contributed by atoms with Crippen molar-refractivity contribution < 1.29 is 28.2 Å². The lowest BCUT2D eigenvalue weighted by Crippen LogP contribution is -2.22. The predicted molar refractivity (Wildman–Crippen MR) is 57.6 cm³/mol. The summed E-state index contributed by atoms with van der Waals surface area (Å²) < 4.78 is 37.2. The summed E-state index contributed by atoms with van der Waals surface area (Å²) in [6.45, 7) is -0.395. The molecule has 0 aliphatic heterocycles. The number of hydrogen-bond donors (Lipinski definition) is 3. The largest absolute Gasteiger partial charge is 0.508 e. The van der Waals surface area contributed by atoms with Crippen molar-refractivity contribution in [2.24, 2.45) is 5.73 Å². The third kappa shape index (κ3) is 2.85. The molecule has 0 aliphatic rings. The molecule has 0 aromatic heterocycles. The second-order valence-electron chi connectivity index (χ2n) is 3.52. The maximum atomic E-state index is 12.4. The lowest BCUT2D eigenvalue weighted by Gasteiger charge is -2.16. The van der Waals surface area contributed by atoms with Crippen molar-refractivity contribution >= 4 is 17.6 Å². The number of aromatic hydroxyl groups is 1. The molecule has 1 aromatic carbocycles. The van der Waals surface area contributed by atoms with Gasteiger partial charge in [-0.25, -0.2) is 0 Å². The normalized spacial score (nSPS) is 13.4. The first-order chi connectivity index (χ1) is 8.18. The highest BCUT2D eigenvalue weighted by Crippen LogP contribution is 2.39. The van der Waals surface area contributed by atoms with E-state index in [1.165, 1.54) is 0 Å². The van der Waals surface area contributed by atoms with Gasteiger partial charge in [0.2, 0.25) is 0 Å². The highest BCUT2D eigenvalue weighted by molar-refractivity contribution is 6.32. The number of carboxylic acids is 1. The summed E-state index contributed by atoms with van der Waals surface area (Å²) in [7, 11) is 0. The number of carboxylic acid groups (broad SMARTS) is 1. The second kappa shape index (κ2) is 5.03. The van der Waals surface area contributed by atoms with Crippen LogP contribution in [0.25, 0.3) is 0 Å². The van der Waals surface area contributed by atoms with Crippen molar-refractivity contribution in [1.82, 2.24) is 0 Å². The maximum Gasteiger partial charge on any atom is 0.416 e. The van der Waals surface area contributed by atoms with Crippen molar-refractivity contribution in [3.63, 3.8) is 0 Å². The number of phenols is 1. The SMILES string of the molecule is NCC(C(=O)O)c1c(O)cc(C(F)(F)F)cc1Cl. The lowest BCUT2D eigenvalue weighted by atomic mass is 9.96. The fourth-order valence-corrected chi connectivity index (χ4v) is 1.80. The Morgan fingerprint density at radius 3 is 2.33 bits per heavy atom. The summed E-state index contributed by atoms with van der Waals surface area (Å²) in [5, 5.41) is 17.8. The average Bonchev–Trinajstić information content (AvgIpc) is 2.20. The van der Waals surface area contributed by atoms with Crippen LogP contribution in [0, 0.1) is 0 Å². The van der Waals surface area contributed by atoms with Crippen LogP contribution in [0.1, 0.15) is 17.0 Å². The molecule has 1 rings (SSSR count). The molecule has 4 N–H and O–H groups in total. The van der Waals surface area contributed by atoms with Gasteiger partial charge in [0.05, 0.1) is 11.5 Å². The van der Waals surface area contributed by atoms with Gasteiger partial charge in [0, 0.05) is 17.1 Å². The summed E-state index contributed by atoms with van der Waals surface area (Å²) in [5.41, 5.74) is 3.72. The fourth-order valence-electron chi connectivity index (χ4n) is 1.45. The monoisotopic (exact) mass is 283 g/mol. The van der Waals surface area contributed by atoms with Gasteiger partial charge >= 0.3 is 12.1 Å². The van der Waals surface area contributed by atoms with Gasteiger partial charge in [-0.05, 0) is 12.1 Å². The minimum absolute atomic E-state index is 0.320. The van der Waals surface area contributed by atoms with Crippen LogP contribution in [-0.4, -0.2) is 22.7 Å². The minimum Gasteiger partial charge on any atom is -0.508 e. The number of nitrogens with two attached hydrogens (primary N) is 1. The fraction of sp³-hybridized carbons (Fsp3) is 0.300. The van der Waals surface area contributed by atoms with Crippen molar-refractivity contribution in [3.05, 3.63) is 28.3 Å². The van der Waals surface area contributed by atoms with Gasteiger partial charge in [0.15, 0.2) is 0 Å². The molecule has 0 heterocycles. The number of carbonyl (C=O) groups is 1. The van der Waals surface area contributed by atoms with Gasteiger partial charge in [0.1, 0.15) is 5.75 Å². The zero-order chi connectivity index (χ0) is 14.1. The molecule has 1 unspecified atom stereocenters. The van der Waals surface area contributed by atoms with E-state index in [0.717, 1.165) is 0 Å². The molecule has 0 bridgehead atoms. The summed E-state index contributed by atoms with van der Waals surface area (Å²) in [5.74, 6) is -3.58. The number of alkyl halides is 3. The quantitative estimate of drug-likeness (QED) is 0.794. The molecule has 0 amide bonds. The molecule has 0 saturated heterocycles. The Kier molecular flexibility index (Phi) is 4.08. The molecule has 0 aliphatic carbocycles. The van der Waals surface area contributed by atoms with E-state index in [2.05, 4.69) is 0 Å². The Hall–Kier alpha value is -1.47. The van der Waals surface area contributed by atoms with Crippen LogP contribution in [0.4, 0.5) is 13.2 Å². The summed E-state index contributed by atoms with van der Waals surface area (Å²) in [6, 6.07) is 0.981. The highest BCUT2D eigenvalue weighted by atomic mass is 35.5. The molecular formula is C10H9ClF3NO3. The zero-order valence-corrected chi connectivity index (χ0v) is 9.59. The topological polar surface area (TPSA) is 83.6 Å². The third-order valence-electron chi connectivity index (χ3n) is 2.32. The van der Waals surface area contributed by atoms with E-state index in [4.69, 9.17) is 22.4 Å². The molecule has 100 valence electrons. The minimum atomic E-state index is -4.68. The van der Waals surface area contributed by atoms with Gasteiger partial charge in [-0.15, -0.1) is 0 Å². The van der Waals surface area contributed by atoms with Gasteiger partial charge in [-0.1, -0.05) is 11.6 Å². The van der Waals surface area contributed by atoms with E-state index in [-0.39, 0.29) is 5.56 Å². The number of aliphatic carboxylic acids is 1. The second-order valence-corrected chi connectivity index (χ2v) is 3.92. The molecule has 0 radical (unpaired) electrons. The smallest absolute Gasteiger partial charge is 0.416 e. The molecule has 0 fully saturated rings. The maximum absolute atomic E-state index is 12.4. The number of rotatable bonds is 3. The van der Waals surface area contributed by atoms with Crippen molar-refractivity contribution in [2.45, 2.75) is 12.1 Å². The zero-order valence-electron chi connectivity index (χ0n) is 8.83. The van der Waals surface area contributed by atoms with Gasteiger partial charge in [-0.2, -0.15) is 13.2 Å². The first-order valence-corrected chi connectivity index (χ1v) is 5.08. The number of hydrogen-bond acceptors (Lipinski definition) is 3. The molecule has 4 nitrogen and oxygen atoms in total. The van der Waals surface area contributed by atoms with Crippen molar-refractivity contribution in [1.29, 1.82) is 0 Å². The molecule has 1 aromatic rings. The average molecular weight is 284 g/mol. The van der Waals surface area contributed by atoms with E-state index >= 15 is 0 Å². The van der Waals surface area contributed by atoms with Crippen LogP contribution < -0.4 is 5.73 Å². The van der Waals surface area contributed by atoms with E-state index in [9.17, 15) is 23.1 Å². The van der Waals surface area contributed by atoms with E-state index in [1.54, 1.807) is 0 Å². The van der Waals surface area contributed by atoms with E-state index in [1.807, 2.05) is 0 Å². The number of phenolic OH excluding ortho intramolecular Hbond substituents is 1. The standard InChI is InChI=1S/C10H9ClF3NO3/c11-6-1-4(10(12,13)14)2-7(16)8(6)5(3-15)9(17)18/h1-2,5,16H,3,15H2,(H,17,18). The molecular weight excluding hydrogens is 275 g/mol. The molecule has 8 heteroatoms. The highest BCUT2D eigenvalue weighted by Gasteiger charge is 2.34. The molecule has 1 atom stereocenters. The Morgan fingerprint density at radius 2 is 2.00 bits per heavy atom. The predicted octanol–water partition coefficient (Wildman–Crippen LogP) is 2.19. The van der Waals surface area contributed by atoms with Gasteiger partial charge in [0.25, 0.3) is 0 Å². The third-order valence-corrected chi connectivity index (χ3v) is 2.63. The van der Waals surface area contributed by atoms with Gasteiger partial charge < -0.3 is 15.9 Å². The van der Waals surface area contributed by atoms with Crippen LogP contribution in [0.15, 0.2) is 12.1 Å². The van der Waals surface area contributed by atoms with E-state index < -0.39 is 40.9 Å². The van der Waals surface area contributed by atoms with E-state index in [0.29, 0.717) is 12.1 Å². The van der Waals surface area contributed by atoms with Crippen LogP contribution in [0.2, 0.25) is 5.02 Å².